The van der Waals surface area contributed by atoms with Crippen molar-refractivity contribution in [2.45, 2.75) is 52.6 Å². The third-order valence-corrected chi connectivity index (χ3v) is 6.24. The molecule has 0 saturated heterocycles. The van der Waals surface area contributed by atoms with E-state index >= 15 is 0 Å². The molecule has 3 atom stereocenters. The first-order valence-corrected chi connectivity index (χ1v) is 10.2. The molecule has 0 aromatic heterocycles. The summed E-state index contributed by atoms with van der Waals surface area (Å²) in [6.45, 7) is 8.42. The lowest BCUT2D eigenvalue weighted by Crippen LogP contribution is -2.12. The van der Waals surface area contributed by atoms with Crippen LogP contribution in [0, 0.1) is 26.7 Å². The number of halogens is 2. The highest BCUT2D eigenvalue weighted by atomic mass is 31.1. The third-order valence-electron chi connectivity index (χ3n) is 5.28. The lowest BCUT2D eigenvalue weighted by molar-refractivity contribution is 0.249. The molecule has 1 saturated carbocycles. The van der Waals surface area contributed by atoms with Crippen molar-refractivity contribution in [2.24, 2.45) is 10.9 Å². The monoisotopic (exact) mass is 373 g/mol. The van der Waals surface area contributed by atoms with Crippen molar-refractivity contribution in [3.63, 3.8) is 0 Å². The topological polar surface area (TPSA) is 12.4 Å². The van der Waals surface area contributed by atoms with Gasteiger partial charge in [-0.05, 0) is 82.1 Å². The Labute approximate surface area is 156 Å². The number of benzene rings is 2. The van der Waals surface area contributed by atoms with Crippen LogP contribution in [0.3, 0.4) is 0 Å². The molecule has 0 N–H and O–H groups in total. The second-order valence-corrected chi connectivity index (χ2v) is 8.68. The Balaban J connectivity index is 1.91. The van der Waals surface area contributed by atoms with Crippen LogP contribution in [0.15, 0.2) is 41.4 Å². The van der Waals surface area contributed by atoms with Gasteiger partial charge in [0, 0.05) is 5.71 Å². The highest BCUT2D eigenvalue weighted by Gasteiger charge is 2.31. The molecule has 0 amide bonds. The quantitative estimate of drug-likeness (QED) is 0.548. The molecule has 3 rings (SSSR count). The maximum absolute atomic E-state index is 13.0. The molecule has 0 radical (unpaired) electrons. The molecule has 0 heterocycles. The van der Waals surface area contributed by atoms with Gasteiger partial charge in [0.2, 0.25) is 0 Å². The van der Waals surface area contributed by atoms with Gasteiger partial charge in [-0.3, -0.25) is 4.99 Å². The first-order chi connectivity index (χ1) is 12.3. The molecule has 2 aromatic carbocycles. The normalized spacial score (nSPS) is 22.2. The number of hydrogen-bond donors (Lipinski definition) is 0. The van der Waals surface area contributed by atoms with Crippen LogP contribution in [-0.4, -0.2) is 11.9 Å². The maximum atomic E-state index is 13.0. The Morgan fingerprint density at radius 3 is 2.54 bits per heavy atom. The van der Waals surface area contributed by atoms with E-state index in [9.17, 15) is 8.78 Å². The van der Waals surface area contributed by atoms with Crippen molar-refractivity contribution in [1.82, 2.24) is 0 Å². The second kappa shape index (κ2) is 7.96. The van der Waals surface area contributed by atoms with Crippen LogP contribution in [0.4, 0.5) is 14.5 Å². The third kappa shape index (κ3) is 4.20. The predicted molar refractivity (Wildman–Crippen MR) is 109 cm³/mol. The van der Waals surface area contributed by atoms with E-state index in [2.05, 4.69) is 39.0 Å². The zero-order chi connectivity index (χ0) is 18.8. The highest BCUT2D eigenvalue weighted by Crippen LogP contribution is 2.40. The summed E-state index contributed by atoms with van der Waals surface area (Å²) >= 11 is 0. The van der Waals surface area contributed by atoms with Crippen molar-refractivity contribution < 1.29 is 8.78 Å². The largest absolute Gasteiger partial charge is 0.257 e. The average molecular weight is 373 g/mol. The van der Waals surface area contributed by atoms with Crippen molar-refractivity contribution in [1.29, 1.82) is 0 Å². The fourth-order valence-corrected chi connectivity index (χ4v) is 5.01. The van der Waals surface area contributed by atoms with Crippen LogP contribution in [0.5, 0.6) is 0 Å². The highest BCUT2D eigenvalue weighted by molar-refractivity contribution is 7.47. The standard InChI is InChI=1S/C22H26F2NP/c1-13-8-9-18(15(3)10-13)25-19-12-17(11-16(19)4)21-14(2)6-5-7-20(21)26-22(23)24/h5-10,16-17,22,26H,11-12H2,1-4H3. The predicted octanol–water partition coefficient (Wildman–Crippen LogP) is 6.42. The molecule has 2 aromatic rings. The van der Waals surface area contributed by atoms with E-state index in [0.717, 1.165) is 35.0 Å². The Morgan fingerprint density at radius 2 is 1.85 bits per heavy atom. The Hall–Kier alpha value is -1.60. The van der Waals surface area contributed by atoms with Gasteiger partial charge in [0.25, 0.3) is 6.17 Å². The van der Waals surface area contributed by atoms with E-state index < -0.39 is 14.7 Å². The molecule has 0 bridgehead atoms. The zero-order valence-corrected chi connectivity index (χ0v) is 16.8. The number of aryl methyl sites for hydroxylation is 3. The molecule has 26 heavy (non-hydrogen) atoms. The molecular weight excluding hydrogens is 347 g/mol. The summed E-state index contributed by atoms with van der Waals surface area (Å²) in [6.07, 6.45) is -0.437. The minimum Gasteiger partial charge on any atom is -0.257 e. The molecule has 3 unspecified atom stereocenters. The second-order valence-electron chi connectivity index (χ2n) is 7.41. The van der Waals surface area contributed by atoms with Crippen molar-refractivity contribution in [3.8, 4) is 0 Å². The van der Waals surface area contributed by atoms with Crippen molar-refractivity contribution in [3.05, 3.63) is 58.7 Å². The minimum atomic E-state index is -2.28. The van der Waals surface area contributed by atoms with Gasteiger partial charge in [-0.15, -0.1) is 0 Å². The molecule has 1 aliphatic rings. The number of alkyl halides is 2. The van der Waals surface area contributed by atoms with E-state index in [1.54, 1.807) is 0 Å². The lowest BCUT2D eigenvalue weighted by Gasteiger charge is -2.18. The molecular formula is C22H26F2NP. The fourth-order valence-electron chi connectivity index (χ4n) is 4.03. The van der Waals surface area contributed by atoms with Gasteiger partial charge in [-0.1, -0.05) is 42.8 Å². The maximum Gasteiger partial charge on any atom is 0.256 e. The molecule has 1 aliphatic carbocycles. The van der Waals surface area contributed by atoms with Crippen molar-refractivity contribution >= 4 is 25.3 Å². The molecule has 4 heteroatoms. The molecule has 0 aliphatic heterocycles. The Bertz CT molecular complexity index is 829. The van der Waals surface area contributed by atoms with Gasteiger partial charge in [-0.25, -0.2) is 8.78 Å². The summed E-state index contributed by atoms with van der Waals surface area (Å²) in [7, 11) is -0.436. The van der Waals surface area contributed by atoms with E-state index in [0.29, 0.717) is 5.92 Å². The van der Waals surface area contributed by atoms with Gasteiger partial charge in [-0.2, -0.15) is 0 Å². The summed E-state index contributed by atoms with van der Waals surface area (Å²) in [5.74, 6) is 0.667. The van der Waals surface area contributed by atoms with Crippen molar-refractivity contribution in [2.75, 3.05) is 0 Å². The van der Waals surface area contributed by atoms with Gasteiger partial charge < -0.3 is 0 Å². The average Bonchev–Trinajstić information content (AvgIpc) is 2.90. The summed E-state index contributed by atoms with van der Waals surface area (Å²) in [4.78, 5) is 4.95. The molecule has 138 valence electrons. The van der Waals surface area contributed by atoms with Crippen LogP contribution in [-0.2, 0) is 0 Å². The van der Waals surface area contributed by atoms with E-state index in [1.165, 1.54) is 16.8 Å². The summed E-state index contributed by atoms with van der Waals surface area (Å²) < 4.78 is 26.1. The van der Waals surface area contributed by atoms with Crippen LogP contribution in [0.25, 0.3) is 0 Å². The van der Waals surface area contributed by atoms with Crippen LogP contribution < -0.4 is 5.30 Å². The summed E-state index contributed by atoms with van der Waals surface area (Å²) in [5, 5.41) is 0.824. The first-order valence-electron chi connectivity index (χ1n) is 9.14. The molecule has 1 nitrogen and oxygen atoms in total. The number of aliphatic imine (C=N–C) groups is 1. The Morgan fingerprint density at radius 1 is 1.08 bits per heavy atom. The zero-order valence-electron chi connectivity index (χ0n) is 15.8. The SMILES string of the molecule is Cc1ccc(N=C2CC(c3c(C)cccc3PC(F)F)CC2C)c(C)c1. The van der Waals surface area contributed by atoms with Crippen LogP contribution >= 0.6 is 8.58 Å². The van der Waals surface area contributed by atoms with Gasteiger partial charge in [0.15, 0.2) is 0 Å². The number of hydrogen-bond acceptors (Lipinski definition) is 1. The smallest absolute Gasteiger partial charge is 0.256 e. The van der Waals surface area contributed by atoms with E-state index in [4.69, 9.17) is 4.99 Å². The number of nitrogens with zero attached hydrogens (tertiary/aromatic N) is 1. The van der Waals surface area contributed by atoms with Crippen LogP contribution in [0.1, 0.15) is 47.9 Å². The first kappa shape index (κ1) is 19.2. The molecule has 1 fully saturated rings. The lowest BCUT2D eigenvalue weighted by atomic mass is 9.93. The number of rotatable bonds is 4. The van der Waals surface area contributed by atoms with Gasteiger partial charge in [0.05, 0.1) is 5.69 Å². The summed E-state index contributed by atoms with van der Waals surface area (Å²) in [5.41, 5.74) is 6.89. The van der Waals surface area contributed by atoms with Gasteiger partial charge >= 0.3 is 0 Å². The Kier molecular flexibility index (Phi) is 5.87. The van der Waals surface area contributed by atoms with Crippen LogP contribution in [0.2, 0.25) is 0 Å². The minimum absolute atomic E-state index is 0.289. The van der Waals surface area contributed by atoms with E-state index in [1.807, 2.05) is 25.1 Å². The molecule has 0 spiro atoms. The fraction of sp³-hybridized carbons (Fsp3) is 0.409. The van der Waals surface area contributed by atoms with Gasteiger partial charge in [0.1, 0.15) is 0 Å². The summed E-state index contributed by atoms with van der Waals surface area (Å²) in [6, 6.07) is 12.1. The van der Waals surface area contributed by atoms with E-state index in [-0.39, 0.29) is 5.92 Å².